The van der Waals surface area contributed by atoms with Crippen LogP contribution in [0.15, 0.2) is 24.8 Å². The molecule has 6 heteroatoms. The highest BCUT2D eigenvalue weighted by Gasteiger charge is 2.45. The molecular formula is C22H33F5O. The predicted molar refractivity (Wildman–Crippen MR) is 104 cm³/mol. The van der Waals surface area contributed by atoms with Crippen molar-refractivity contribution in [3.05, 3.63) is 42.2 Å². The minimum absolute atomic E-state index is 0. The van der Waals surface area contributed by atoms with Crippen LogP contribution in [0.3, 0.4) is 0 Å². The van der Waals surface area contributed by atoms with Gasteiger partial charge < -0.3 is 4.74 Å². The van der Waals surface area contributed by atoms with Crippen molar-refractivity contribution in [1.29, 1.82) is 0 Å². The van der Waals surface area contributed by atoms with Gasteiger partial charge in [0.1, 0.15) is 5.75 Å². The van der Waals surface area contributed by atoms with Crippen LogP contribution >= 0.6 is 0 Å². The maximum atomic E-state index is 14.5. The molecule has 2 saturated carbocycles. The third-order valence-electron chi connectivity index (χ3n) is 6.27. The molecule has 0 aromatic heterocycles. The van der Waals surface area contributed by atoms with Crippen molar-refractivity contribution < 1.29 is 29.5 Å². The first-order valence-corrected chi connectivity index (χ1v) is 9.64. The molecule has 0 bridgehead atoms. The van der Waals surface area contributed by atoms with Crippen LogP contribution in [-0.2, 0) is 0 Å². The van der Waals surface area contributed by atoms with Crippen molar-refractivity contribution in [2.45, 2.75) is 64.9 Å². The Morgan fingerprint density at radius 2 is 1.36 bits per heavy atom. The fourth-order valence-corrected chi connectivity index (χ4v) is 4.61. The van der Waals surface area contributed by atoms with Gasteiger partial charge >= 0.3 is 6.11 Å². The molecule has 0 spiro atoms. The van der Waals surface area contributed by atoms with Crippen LogP contribution in [0.2, 0.25) is 0 Å². The molecule has 0 aliphatic heterocycles. The van der Waals surface area contributed by atoms with E-state index in [9.17, 15) is 22.0 Å². The van der Waals surface area contributed by atoms with E-state index in [1.807, 2.05) is 6.08 Å². The lowest BCUT2D eigenvalue weighted by Crippen LogP contribution is -2.38. The first-order valence-electron chi connectivity index (χ1n) is 9.64. The highest BCUT2D eigenvalue weighted by Crippen LogP contribution is 2.45. The van der Waals surface area contributed by atoms with Crippen LogP contribution in [0, 0.1) is 41.1 Å². The maximum Gasteiger partial charge on any atom is 0.400 e. The van der Waals surface area contributed by atoms with Gasteiger partial charge in [0.2, 0.25) is 0 Å². The molecule has 1 nitrogen and oxygen atoms in total. The number of rotatable bonds is 5. The van der Waals surface area contributed by atoms with E-state index in [1.165, 1.54) is 0 Å². The lowest BCUT2D eigenvalue weighted by molar-refractivity contribution is -0.224. The van der Waals surface area contributed by atoms with E-state index >= 15 is 0 Å². The smallest absolute Gasteiger partial charge is 0.400 e. The number of benzene rings is 1. The Bertz CT molecular complexity index is 646. The van der Waals surface area contributed by atoms with E-state index in [1.54, 1.807) is 0 Å². The fraction of sp³-hybridized carbons (Fsp3) is 0.636. The predicted octanol–water partition coefficient (Wildman–Crippen LogP) is 8.00. The largest absolute Gasteiger partial charge is 0.432 e. The monoisotopic (exact) mass is 408 g/mol. The van der Waals surface area contributed by atoms with E-state index in [0.29, 0.717) is 55.6 Å². The normalized spacial score (nSPS) is 28.3. The maximum absolute atomic E-state index is 14.5. The summed E-state index contributed by atoms with van der Waals surface area (Å²) in [5.41, 5.74) is 0. The van der Waals surface area contributed by atoms with E-state index in [4.69, 9.17) is 0 Å². The third-order valence-corrected chi connectivity index (χ3v) is 6.27. The second kappa shape index (κ2) is 9.27. The van der Waals surface area contributed by atoms with Gasteiger partial charge in [0.05, 0.1) is 5.92 Å². The lowest BCUT2D eigenvalue weighted by atomic mass is 9.69. The quantitative estimate of drug-likeness (QED) is 0.272. The van der Waals surface area contributed by atoms with Crippen LogP contribution in [-0.4, -0.2) is 6.11 Å². The van der Waals surface area contributed by atoms with Crippen molar-refractivity contribution in [2.24, 2.45) is 23.7 Å². The molecule has 28 heavy (non-hydrogen) atoms. The molecule has 1 aromatic rings. The Balaban J connectivity index is 0.00000280. The summed E-state index contributed by atoms with van der Waals surface area (Å²) in [5.74, 6) is -4.88. The summed E-state index contributed by atoms with van der Waals surface area (Å²) >= 11 is 0. The van der Waals surface area contributed by atoms with E-state index in [-0.39, 0.29) is 10.3 Å². The Morgan fingerprint density at radius 3 is 1.82 bits per heavy atom. The molecule has 3 rings (SSSR count). The zero-order valence-electron chi connectivity index (χ0n) is 15.2. The third kappa shape index (κ3) is 5.06. The average molecular weight is 408 g/mol. The summed E-state index contributed by atoms with van der Waals surface area (Å²) in [7, 11) is 0. The number of allylic oxidation sites excluding steroid dienone is 1. The molecule has 0 amide bonds. The minimum Gasteiger partial charge on any atom is -0.432 e. The number of hydrogen-bond acceptors (Lipinski definition) is 1. The van der Waals surface area contributed by atoms with Crippen LogP contribution in [0.5, 0.6) is 5.75 Å². The molecule has 2 fully saturated rings. The molecule has 0 atom stereocenters. The van der Waals surface area contributed by atoms with E-state index in [0.717, 1.165) is 25.7 Å². The summed E-state index contributed by atoms with van der Waals surface area (Å²) in [5, 5.41) is 0. The van der Waals surface area contributed by atoms with Crippen molar-refractivity contribution in [3.8, 4) is 5.75 Å². The Hall–Kier alpha value is -1.59. The number of ether oxygens (including phenoxy) is 1. The zero-order valence-corrected chi connectivity index (χ0v) is 15.2. The van der Waals surface area contributed by atoms with Gasteiger partial charge in [0.25, 0.3) is 0 Å². The van der Waals surface area contributed by atoms with Crippen molar-refractivity contribution in [2.75, 3.05) is 0 Å². The topological polar surface area (TPSA) is 9.23 Å². The van der Waals surface area contributed by atoms with Crippen molar-refractivity contribution in [3.63, 3.8) is 0 Å². The van der Waals surface area contributed by atoms with Gasteiger partial charge in [0, 0.05) is 15.0 Å². The SMILES string of the molecule is C.C=CC1CCC(C2CCC(C(F)(F)Oc3cc(F)c(F)c(F)c3)CC2)CC1.[HH].[HH]. The van der Waals surface area contributed by atoms with Gasteiger partial charge in [-0.3, -0.25) is 0 Å². The lowest BCUT2D eigenvalue weighted by Gasteiger charge is -2.38. The van der Waals surface area contributed by atoms with Gasteiger partial charge in [-0.15, -0.1) is 6.58 Å². The van der Waals surface area contributed by atoms with Crippen LogP contribution in [0.4, 0.5) is 22.0 Å². The van der Waals surface area contributed by atoms with Gasteiger partial charge in [-0.05, 0) is 69.1 Å². The number of halogens is 5. The Labute approximate surface area is 166 Å². The Morgan fingerprint density at radius 1 is 0.893 bits per heavy atom. The molecule has 1 aromatic carbocycles. The van der Waals surface area contributed by atoms with Crippen LogP contribution < -0.4 is 4.74 Å². The molecule has 0 heterocycles. The summed E-state index contributed by atoms with van der Waals surface area (Å²) < 4.78 is 72.9. The highest BCUT2D eigenvalue weighted by atomic mass is 19.3. The molecule has 0 unspecified atom stereocenters. The van der Waals surface area contributed by atoms with E-state index < -0.39 is 35.2 Å². The van der Waals surface area contributed by atoms with Crippen molar-refractivity contribution >= 4 is 0 Å². The van der Waals surface area contributed by atoms with Gasteiger partial charge in [-0.25, -0.2) is 13.2 Å². The fourth-order valence-electron chi connectivity index (χ4n) is 4.61. The first-order chi connectivity index (χ1) is 12.8. The van der Waals surface area contributed by atoms with Gasteiger partial charge in [-0.2, -0.15) is 8.78 Å². The second-order valence-electron chi connectivity index (χ2n) is 7.89. The second-order valence-corrected chi connectivity index (χ2v) is 7.89. The highest BCUT2D eigenvalue weighted by molar-refractivity contribution is 5.25. The van der Waals surface area contributed by atoms with Gasteiger partial charge in [0.15, 0.2) is 17.5 Å². The molecule has 0 N–H and O–H groups in total. The van der Waals surface area contributed by atoms with Crippen LogP contribution in [0.1, 0.15) is 61.6 Å². The molecule has 0 radical (unpaired) electrons. The summed E-state index contributed by atoms with van der Waals surface area (Å²) in [6.45, 7) is 3.84. The molecule has 2 aliphatic carbocycles. The average Bonchev–Trinajstić information content (AvgIpc) is 2.66. The van der Waals surface area contributed by atoms with Crippen molar-refractivity contribution in [1.82, 2.24) is 0 Å². The number of hydrogen-bond donors (Lipinski definition) is 0. The zero-order chi connectivity index (χ0) is 19.6. The van der Waals surface area contributed by atoms with E-state index in [2.05, 4.69) is 11.3 Å². The standard InChI is InChI=1S/C21H25F5O.CH4.2H2/c1-2-13-3-5-14(6-4-13)15-7-9-16(10-8-15)21(25,26)27-17-11-18(22)20(24)19(23)12-17;;;/h2,11-16H,1,3-10H2;1H4;2*1H. The summed E-state index contributed by atoms with van der Waals surface area (Å²) in [4.78, 5) is 0. The number of alkyl halides is 2. The molecule has 0 saturated heterocycles. The first kappa shape index (κ1) is 22.7. The van der Waals surface area contributed by atoms with Gasteiger partial charge in [-0.1, -0.05) is 13.5 Å². The molecule has 162 valence electrons. The Kier molecular flexibility index (Phi) is 7.52. The summed E-state index contributed by atoms with van der Waals surface area (Å²) in [6.07, 6.45) is 4.98. The summed E-state index contributed by atoms with van der Waals surface area (Å²) in [6, 6.07) is 0.909. The molecular weight excluding hydrogens is 375 g/mol. The van der Waals surface area contributed by atoms with Crippen LogP contribution in [0.25, 0.3) is 0 Å². The molecule has 2 aliphatic rings. The minimum atomic E-state index is -3.54.